The third kappa shape index (κ3) is 3.07. The van der Waals surface area contributed by atoms with Gasteiger partial charge < -0.3 is 5.11 Å². The molecule has 0 radical (unpaired) electrons. The zero-order valence-electron chi connectivity index (χ0n) is 10.6. The van der Waals surface area contributed by atoms with Crippen LogP contribution in [0.15, 0.2) is 28.9 Å². The van der Waals surface area contributed by atoms with E-state index in [2.05, 4.69) is 27.0 Å². The maximum Gasteiger partial charge on any atom is 0.0937 e. The van der Waals surface area contributed by atoms with Crippen LogP contribution in [0.2, 0.25) is 0 Å². The van der Waals surface area contributed by atoms with Gasteiger partial charge in [-0.3, -0.25) is 4.98 Å². The van der Waals surface area contributed by atoms with Crippen molar-refractivity contribution in [3.8, 4) is 0 Å². The highest BCUT2D eigenvalue weighted by Crippen LogP contribution is 2.33. The largest absolute Gasteiger partial charge is 0.387 e. The molecule has 19 heavy (non-hydrogen) atoms. The van der Waals surface area contributed by atoms with Crippen LogP contribution in [-0.4, -0.2) is 10.1 Å². The topological polar surface area (TPSA) is 33.1 Å². The Morgan fingerprint density at radius 3 is 2.89 bits per heavy atom. The summed E-state index contributed by atoms with van der Waals surface area (Å²) in [4.78, 5) is 6.89. The van der Waals surface area contributed by atoms with Gasteiger partial charge in [-0.05, 0) is 65.4 Å². The van der Waals surface area contributed by atoms with Gasteiger partial charge in [-0.15, -0.1) is 11.3 Å². The molecule has 2 aromatic rings. The van der Waals surface area contributed by atoms with Crippen molar-refractivity contribution in [1.82, 2.24) is 4.98 Å². The Kier molecular flexibility index (Phi) is 4.01. The van der Waals surface area contributed by atoms with Crippen molar-refractivity contribution in [3.63, 3.8) is 0 Å². The average Bonchev–Trinajstić information content (AvgIpc) is 2.85. The first-order chi connectivity index (χ1) is 9.22. The van der Waals surface area contributed by atoms with Gasteiger partial charge in [0.2, 0.25) is 0 Å². The minimum Gasteiger partial charge on any atom is -0.387 e. The molecule has 0 fully saturated rings. The first-order valence-corrected chi connectivity index (χ1v) is 8.23. The molecule has 1 atom stereocenters. The van der Waals surface area contributed by atoms with E-state index < -0.39 is 6.10 Å². The van der Waals surface area contributed by atoms with Crippen molar-refractivity contribution in [2.24, 2.45) is 0 Å². The number of aliphatic hydroxyl groups excluding tert-OH is 1. The van der Waals surface area contributed by atoms with Gasteiger partial charge in [0.05, 0.1) is 6.10 Å². The number of pyridine rings is 1. The van der Waals surface area contributed by atoms with E-state index in [9.17, 15) is 5.11 Å². The van der Waals surface area contributed by atoms with Crippen LogP contribution in [0, 0.1) is 0 Å². The Morgan fingerprint density at radius 2 is 2.16 bits per heavy atom. The molecule has 2 nitrogen and oxygen atoms in total. The summed E-state index contributed by atoms with van der Waals surface area (Å²) in [5, 5.41) is 10.4. The molecule has 1 aliphatic rings. The molecule has 0 bridgehead atoms. The monoisotopic (exact) mass is 337 g/mol. The second-order valence-electron chi connectivity index (χ2n) is 4.99. The number of halogens is 1. The standard InChI is InChI=1S/C15H16BrNOS/c16-11-5-6-12(17-9-11)8-13(18)15-7-10-3-1-2-4-14(10)19-15/h5-7,9,13,18H,1-4,8H2. The van der Waals surface area contributed by atoms with E-state index in [1.54, 1.807) is 17.5 Å². The molecular weight excluding hydrogens is 322 g/mol. The molecule has 3 rings (SSSR count). The molecular formula is C15H16BrNOS. The van der Waals surface area contributed by atoms with E-state index in [4.69, 9.17) is 0 Å². The Morgan fingerprint density at radius 1 is 1.32 bits per heavy atom. The van der Waals surface area contributed by atoms with Crippen LogP contribution in [0.5, 0.6) is 0 Å². The van der Waals surface area contributed by atoms with Crippen molar-refractivity contribution < 1.29 is 5.11 Å². The molecule has 4 heteroatoms. The normalized spacial score (nSPS) is 16.1. The smallest absolute Gasteiger partial charge is 0.0937 e. The first-order valence-electron chi connectivity index (χ1n) is 6.62. The minimum atomic E-state index is -0.427. The molecule has 0 saturated heterocycles. The highest BCUT2D eigenvalue weighted by molar-refractivity contribution is 9.10. The lowest BCUT2D eigenvalue weighted by Gasteiger charge is -2.08. The van der Waals surface area contributed by atoms with Crippen LogP contribution in [0.4, 0.5) is 0 Å². The lowest BCUT2D eigenvalue weighted by atomic mass is 9.98. The molecule has 1 aliphatic carbocycles. The zero-order valence-corrected chi connectivity index (χ0v) is 13.0. The van der Waals surface area contributed by atoms with Gasteiger partial charge in [0.25, 0.3) is 0 Å². The summed E-state index contributed by atoms with van der Waals surface area (Å²) in [6.45, 7) is 0. The van der Waals surface area contributed by atoms with Crippen LogP contribution >= 0.6 is 27.3 Å². The van der Waals surface area contributed by atoms with Crippen molar-refractivity contribution in [2.45, 2.75) is 38.2 Å². The summed E-state index contributed by atoms with van der Waals surface area (Å²) in [7, 11) is 0. The Hall–Kier alpha value is -0.710. The Balaban J connectivity index is 1.74. The number of aryl methyl sites for hydroxylation is 2. The Bertz CT molecular complexity index is 541. The molecule has 2 aromatic heterocycles. The van der Waals surface area contributed by atoms with Gasteiger partial charge in [0.1, 0.15) is 0 Å². The molecule has 1 N–H and O–H groups in total. The van der Waals surface area contributed by atoms with E-state index in [-0.39, 0.29) is 0 Å². The lowest BCUT2D eigenvalue weighted by molar-refractivity contribution is 0.181. The highest BCUT2D eigenvalue weighted by atomic mass is 79.9. The van der Waals surface area contributed by atoms with Gasteiger partial charge >= 0.3 is 0 Å². The highest BCUT2D eigenvalue weighted by Gasteiger charge is 2.18. The number of aromatic nitrogens is 1. The summed E-state index contributed by atoms with van der Waals surface area (Å²) in [5.41, 5.74) is 2.39. The fourth-order valence-corrected chi connectivity index (χ4v) is 3.98. The van der Waals surface area contributed by atoms with Crippen LogP contribution in [0.3, 0.4) is 0 Å². The van der Waals surface area contributed by atoms with E-state index in [1.807, 2.05) is 12.1 Å². The second kappa shape index (κ2) is 5.73. The number of nitrogens with zero attached hydrogens (tertiary/aromatic N) is 1. The zero-order chi connectivity index (χ0) is 13.2. The summed E-state index contributed by atoms with van der Waals surface area (Å²) in [5.74, 6) is 0. The van der Waals surface area contributed by atoms with E-state index in [0.717, 1.165) is 15.0 Å². The predicted octanol–water partition coefficient (Wildman–Crippen LogP) is 4.06. The lowest BCUT2D eigenvalue weighted by Crippen LogP contribution is -2.01. The van der Waals surface area contributed by atoms with Crippen molar-refractivity contribution >= 4 is 27.3 Å². The van der Waals surface area contributed by atoms with Gasteiger partial charge in [-0.25, -0.2) is 0 Å². The summed E-state index contributed by atoms with van der Waals surface area (Å²) < 4.78 is 0.970. The molecule has 1 unspecified atom stereocenters. The molecule has 0 amide bonds. The summed E-state index contributed by atoms with van der Waals surface area (Å²) in [6.07, 6.45) is 6.88. The molecule has 0 aromatic carbocycles. The number of hydrogen-bond donors (Lipinski definition) is 1. The van der Waals surface area contributed by atoms with Crippen molar-refractivity contribution in [1.29, 1.82) is 0 Å². The van der Waals surface area contributed by atoms with E-state index >= 15 is 0 Å². The van der Waals surface area contributed by atoms with Crippen molar-refractivity contribution in [3.05, 3.63) is 49.9 Å². The fourth-order valence-electron chi connectivity index (χ4n) is 2.50. The fraction of sp³-hybridized carbons (Fsp3) is 0.400. The number of rotatable bonds is 3. The number of thiophene rings is 1. The second-order valence-corrected chi connectivity index (χ2v) is 7.08. The molecule has 2 heterocycles. The van der Waals surface area contributed by atoms with E-state index in [1.165, 1.54) is 36.1 Å². The maximum absolute atomic E-state index is 10.4. The van der Waals surface area contributed by atoms with Gasteiger partial charge in [-0.2, -0.15) is 0 Å². The molecule has 100 valence electrons. The summed E-state index contributed by atoms with van der Waals surface area (Å²) >= 11 is 5.15. The maximum atomic E-state index is 10.4. The average molecular weight is 338 g/mol. The third-order valence-corrected chi connectivity index (χ3v) is 5.34. The molecule has 0 aliphatic heterocycles. The summed E-state index contributed by atoms with van der Waals surface area (Å²) in [6, 6.07) is 6.12. The number of fused-ring (bicyclic) bond motifs is 1. The first kappa shape index (κ1) is 13.3. The quantitative estimate of drug-likeness (QED) is 0.915. The van der Waals surface area contributed by atoms with Crippen LogP contribution in [0.1, 0.15) is 40.0 Å². The van der Waals surface area contributed by atoms with Crippen molar-refractivity contribution in [2.75, 3.05) is 0 Å². The number of hydrogen-bond acceptors (Lipinski definition) is 3. The van der Waals surface area contributed by atoms with Gasteiger partial charge in [-0.1, -0.05) is 0 Å². The Labute approximate surface area is 125 Å². The third-order valence-electron chi connectivity index (χ3n) is 3.54. The SMILES string of the molecule is OC(Cc1ccc(Br)cn1)c1cc2c(s1)CCCC2. The minimum absolute atomic E-state index is 0.427. The van der Waals surface area contributed by atoms with Gasteiger partial charge in [0, 0.05) is 32.5 Å². The van der Waals surface area contributed by atoms with Crippen LogP contribution < -0.4 is 0 Å². The van der Waals surface area contributed by atoms with Crippen LogP contribution in [-0.2, 0) is 19.3 Å². The molecule has 0 saturated carbocycles. The van der Waals surface area contributed by atoms with Gasteiger partial charge in [0.15, 0.2) is 0 Å². The molecule has 0 spiro atoms. The predicted molar refractivity (Wildman–Crippen MR) is 81.6 cm³/mol. The van der Waals surface area contributed by atoms with Crippen LogP contribution in [0.25, 0.3) is 0 Å². The number of aliphatic hydroxyl groups is 1. The van der Waals surface area contributed by atoms with E-state index in [0.29, 0.717) is 6.42 Å².